The summed E-state index contributed by atoms with van der Waals surface area (Å²) >= 11 is 0. The summed E-state index contributed by atoms with van der Waals surface area (Å²) < 4.78 is 6.64. The molecule has 0 aliphatic carbocycles. The van der Waals surface area contributed by atoms with E-state index in [9.17, 15) is 4.79 Å². The maximum absolute atomic E-state index is 11.5. The van der Waals surface area contributed by atoms with Crippen molar-refractivity contribution in [2.45, 2.75) is 13.8 Å². The second-order valence-corrected chi connectivity index (χ2v) is 5.01. The van der Waals surface area contributed by atoms with E-state index in [1.54, 1.807) is 17.8 Å². The Kier molecular flexibility index (Phi) is 4.18. The molecule has 0 fully saturated rings. The molecule has 2 aromatic heterocycles. The summed E-state index contributed by atoms with van der Waals surface area (Å²) in [5.41, 5.74) is 2.77. The number of hydrogen-bond acceptors (Lipinski definition) is 6. The number of ether oxygens (including phenoxy) is 1. The summed E-state index contributed by atoms with van der Waals surface area (Å²) in [6.45, 7) is 4.21. The number of carbonyl (C=O) groups excluding carboxylic acids is 1. The van der Waals surface area contributed by atoms with Crippen molar-refractivity contribution in [1.29, 1.82) is 0 Å². The molecule has 0 aliphatic rings. The third-order valence-electron chi connectivity index (χ3n) is 3.35. The topological polar surface area (TPSA) is 81.9 Å². The predicted octanol–water partition coefficient (Wildman–Crippen LogP) is 2.10. The Morgan fingerprint density at radius 2 is 2.04 bits per heavy atom. The Morgan fingerprint density at radius 1 is 1.26 bits per heavy atom. The standard InChI is InChI=1S/C16H17N5O2/c1-3-23-14(22)9-17-15-13-8-20-21(16(13)19-10-18-15)12-6-4-11(2)5-7-12/h4-8,10H,3,9H2,1-2H3,(H,17,18,19). The first-order chi connectivity index (χ1) is 11.2. The molecule has 0 unspecified atom stereocenters. The van der Waals surface area contributed by atoms with Crippen molar-refractivity contribution in [3.05, 3.63) is 42.4 Å². The summed E-state index contributed by atoms with van der Waals surface area (Å²) in [6.07, 6.45) is 3.13. The normalized spacial score (nSPS) is 10.7. The minimum Gasteiger partial charge on any atom is -0.465 e. The van der Waals surface area contributed by atoms with Gasteiger partial charge in [0.05, 0.1) is 23.9 Å². The van der Waals surface area contributed by atoms with Crippen LogP contribution in [0.2, 0.25) is 0 Å². The Hall–Kier alpha value is -2.96. The van der Waals surface area contributed by atoms with E-state index in [0.717, 1.165) is 11.1 Å². The van der Waals surface area contributed by atoms with Crippen LogP contribution >= 0.6 is 0 Å². The van der Waals surface area contributed by atoms with Gasteiger partial charge in [-0.2, -0.15) is 5.10 Å². The highest BCUT2D eigenvalue weighted by atomic mass is 16.5. The molecule has 0 saturated heterocycles. The van der Waals surface area contributed by atoms with Crippen LogP contribution in [0.1, 0.15) is 12.5 Å². The Bertz CT molecular complexity index is 826. The molecule has 2 heterocycles. The minimum absolute atomic E-state index is 0.0513. The number of aryl methyl sites for hydroxylation is 1. The van der Waals surface area contributed by atoms with Crippen LogP contribution in [0.25, 0.3) is 16.7 Å². The van der Waals surface area contributed by atoms with Gasteiger partial charge in [0.1, 0.15) is 18.7 Å². The van der Waals surface area contributed by atoms with Crippen LogP contribution in [0, 0.1) is 6.92 Å². The van der Waals surface area contributed by atoms with Crippen LogP contribution < -0.4 is 5.32 Å². The summed E-state index contributed by atoms with van der Waals surface area (Å²) in [7, 11) is 0. The molecule has 0 amide bonds. The van der Waals surface area contributed by atoms with Gasteiger partial charge in [0.25, 0.3) is 0 Å². The first kappa shape index (κ1) is 15.0. The average molecular weight is 311 g/mol. The molecule has 0 bridgehead atoms. The van der Waals surface area contributed by atoms with Crippen LogP contribution in [0.5, 0.6) is 0 Å². The van der Waals surface area contributed by atoms with Crippen molar-refractivity contribution in [2.75, 3.05) is 18.5 Å². The number of fused-ring (bicyclic) bond motifs is 1. The third kappa shape index (κ3) is 3.13. The second kappa shape index (κ2) is 6.43. The van der Waals surface area contributed by atoms with Crippen molar-refractivity contribution in [1.82, 2.24) is 19.7 Å². The fraction of sp³-hybridized carbons (Fsp3) is 0.250. The van der Waals surface area contributed by atoms with Crippen LogP contribution in [0.15, 0.2) is 36.8 Å². The summed E-state index contributed by atoms with van der Waals surface area (Å²) in [4.78, 5) is 19.9. The number of carbonyl (C=O) groups is 1. The molecule has 1 N–H and O–H groups in total. The quantitative estimate of drug-likeness (QED) is 0.727. The number of nitrogens with zero attached hydrogens (tertiary/aromatic N) is 4. The van der Waals surface area contributed by atoms with E-state index in [4.69, 9.17) is 4.74 Å². The highest BCUT2D eigenvalue weighted by molar-refractivity contribution is 5.88. The van der Waals surface area contributed by atoms with E-state index in [0.29, 0.717) is 18.1 Å². The van der Waals surface area contributed by atoms with Crippen molar-refractivity contribution < 1.29 is 9.53 Å². The molecule has 3 rings (SSSR count). The molecule has 23 heavy (non-hydrogen) atoms. The first-order valence-corrected chi connectivity index (χ1v) is 7.34. The molecule has 0 radical (unpaired) electrons. The van der Waals surface area contributed by atoms with E-state index in [-0.39, 0.29) is 12.5 Å². The summed E-state index contributed by atoms with van der Waals surface area (Å²) in [6, 6.07) is 8.00. The van der Waals surface area contributed by atoms with Gasteiger partial charge in [-0.15, -0.1) is 0 Å². The van der Waals surface area contributed by atoms with Crippen LogP contribution in [-0.2, 0) is 9.53 Å². The molecule has 118 valence electrons. The maximum Gasteiger partial charge on any atom is 0.325 e. The van der Waals surface area contributed by atoms with Crippen molar-refractivity contribution in [2.24, 2.45) is 0 Å². The minimum atomic E-state index is -0.329. The fourth-order valence-electron chi connectivity index (χ4n) is 2.23. The Balaban J connectivity index is 1.91. The van der Waals surface area contributed by atoms with Gasteiger partial charge >= 0.3 is 5.97 Å². The molecule has 0 saturated carbocycles. The average Bonchev–Trinajstić information content (AvgIpc) is 2.98. The smallest absolute Gasteiger partial charge is 0.325 e. The van der Waals surface area contributed by atoms with Gasteiger partial charge in [-0.05, 0) is 26.0 Å². The van der Waals surface area contributed by atoms with Crippen molar-refractivity contribution in [3.63, 3.8) is 0 Å². The lowest BCUT2D eigenvalue weighted by Crippen LogP contribution is -2.17. The SMILES string of the molecule is CCOC(=O)CNc1ncnc2c1cnn2-c1ccc(C)cc1. The largest absolute Gasteiger partial charge is 0.465 e. The first-order valence-electron chi connectivity index (χ1n) is 7.34. The number of nitrogens with one attached hydrogen (secondary N) is 1. The molecule has 0 atom stereocenters. The molecular weight excluding hydrogens is 294 g/mol. The van der Waals surface area contributed by atoms with E-state index in [1.165, 1.54) is 11.9 Å². The van der Waals surface area contributed by atoms with E-state index >= 15 is 0 Å². The van der Waals surface area contributed by atoms with Crippen molar-refractivity contribution in [3.8, 4) is 5.69 Å². The van der Waals surface area contributed by atoms with Gasteiger partial charge in [-0.25, -0.2) is 14.6 Å². The molecule has 3 aromatic rings. The zero-order valence-electron chi connectivity index (χ0n) is 13.0. The Morgan fingerprint density at radius 3 is 2.78 bits per heavy atom. The van der Waals surface area contributed by atoms with Crippen LogP contribution in [-0.4, -0.2) is 38.9 Å². The number of aromatic nitrogens is 4. The highest BCUT2D eigenvalue weighted by Crippen LogP contribution is 2.21. The number of hydrogen-bond donors (Lipinski definition) is 1. The van der Waals surface area contributed by atoms with Crippen molar-refractivity contribution >= 4 is 22.8 Å². The number of rotatable bonds is 5. The molecular formula is C16H17N5O2. The fourth-order valence-corrected chi connectivity index (χ4v) is 2.23. The zero-order valence-corrected chi connectivity index (χ0v) is 13.0. The number of benzene rings is 1. The second-order valence-electron chi connectivity index (χ2n) is 5.01. The molecule has 0 aliphatic heterocycles. The van der Waals surface area contributed by atoms with E-state index in [1.807, 2.05) is 31.2 Å². The molecule has 7 nitrogen and oxygen atoms in total. The van der Waals surface area contributed by atoms with Gasteiger partial charge in [0.2, 0.25) is 0 Å². The highest BCUT2D eigenvalue weighted by Gasteiger charge is 2.12. The lowest BCUT2D eigenvalue weighted by atomic mass is 10.2. The zero-order chi connectivity index (χ0) is 16.2. The third-order valence-corrected chi connectivity index (χ3v) is 3.35. The lowest BCUT2D eigenvalue weighted by molar-refractivity contribution is -0.140. The molecule has 1 aromatic carbocycles. The van der Waals surface area contributed by atoms with E-state index in [2.05, 4.69) is 20.4 Å². The van der Waals surface area contributed by atoms with Gasteiger partial charge in [-0.1, -0.05) is 17.7 Å². The monoisotopic (exact) mass is 311 g/mol. The maximum atomic E-state index is 11.5. The van der Waals surface area contributed by atoms with Gasteiger partial charge in [-0.3, -0.25) is 4.79 Å². The molecule has 7 heteroatoms. The summed E-state index contributed by atoms with van der Waals surface area (Å²) in [5, 5.41) is 8.09. The van der Waals surface area contributed by atoms with E-state index < -0.39 is 0 Å². The predicted molar refractivity (Wildman–Crippen MR) is 86.5 cm³/mol. The lowest BCUT2D eigenvalue weighted by Gasteiger charge is -2.06. The van der Waals surface area contributed by atoms with Gasteiger partial charge in [0.15, 0.2) is 5.65 Å². The van der Waals surface area contributed by atoms with Gasteiger partial charge in [0, 0.05) is 0 Å². The van der Waals surface area contributed by atoms with Gasteiger partial charge < -0.3 is 10.1 Å². The Labute approximate surface area is 133 Å². The van der Waals surface area contributed by atoms with Crippen LogP contribution in [0.4, 0.5) is 5.82 Å². The summed E-state index contributed by atoms with van der Waals surface area (Å²) in [5.74, 6) is 0.228. The number of esters is 1. The van der Waals surface area contributed by atoms with Crippen LogP contribution in [0.3, 0.4) is 0 Å². The number of anilines is 1. The molecule has 0 spiro atoms.